The number of nitrogens with zero attached hydrogens (tertiary/aromatic N) is 1. The highest BCUT2D eigenvalue weighted by Crippen LogP contribution is 2.24. The molecule has 1 amide bonds. The van der Waals surface area contributed by atoms with Gasteiger partial charge in [-0.2, -0.15) is 0 Å². The van der Waals surface area contributed by atoms with Crippen molar-refractivity contribution in [1.82, 2.24) is 4.90 Å². The lowest BCUT2D eigenvalue weighted by Gasteiger charge is -2.21. The molecule has 0 aliphatic heterocycles. The Bertz CT molecular complexity index is 962. The summed E-state index contributed by atoms with van der Waals surface area (Å²) >= 11 is 5.33. The van der Waals surface area contributed by atoms with Gasteiger partial charge in [0.2, 0.25) is 0 Å². The van der Waals surface area contributed by atoms with Crippen LogP contribution in [-0.4, -0.2) is 29.1 Å². The Morgan fingerprint density at radius 3 is 2.48 bits per heavy atom. The summed E-state index contributed by atoms with van der Waals surface area (Å²) in [6, 6.07) is 20.9. The number of anilines is 1. The minimum atomic E-state index is -0.189. The Hall–Kier alpha value is -2.92. The van der Waals surface area contributed by atoms with E-state index in [0.29, 0.717) is 16.5 Å². The number of carbonyl (C=O) groups excluding carboxylic acids is 1. The van der Waals surface area contributed by atoms with Crippen LogP contribution in [0.15, 0.2) is 66.7 Å². The van der Waals surface area contributed by atoms with Crippen molar-refractivity contribution in [1.29, 1.82) is 0 Å². The van der Waals surface area contributed by atoms with E-state index < -0.39 is 0 Å². The third-order valence-electron chi connectivity index (χ3n) is 4.36. The summed E-state index contributed by atoms with van der Waals surface area (Å²) in [6.07, 6.45) is 0. The van der Waals surface area contributed by atoms with Crippen LogP contribution < -0.4 is 10.1 Å². The molecule has 0 bridgehead atoms. The number of carbonyl (C=O) groups is 1. The number of rotatable bonds is 5. The molecule has 0 fully saturated rings. The number of ether oxygens (including phenoxy) is 1. The molecule has 0 unspecified atom stereocenters. The molecule has 138 valence electrons. The Labute approximate surface area is 164 Å². The smallest absolute Gasteiger partial charge is 0.264 e. The van der Waals surface area contributed by atoms with Crippen LogP contribution in [0.4, 0.5) is 5.69 Å². The van der Waals surface area contributed by atoms with Gasteiger partial charge in [0.25, 0.3) is 11.1 Å². The molecule has 0 aliphatic carbocycles. The molecule has 3 aromatic rings. The third kappa shape index (κ3) is 4.44. The molecule has 0 saturated heterocycles. The van der Waals surface area contributed by atoms with Crippen LogP contribution >= 0.6 is 12.2 Å². The van der Waals surface area contributed by atoms with Crippen molar-refractivity contribution in [3.63, 3.8) is 0 Å². The molecule has 0 atom stereocenters. The number of benzene rings is 3. The Morgan fingerprint density at radius 2 is 1.70 bits per heavy atom. The minimum Gasteiger partial charge on any atom is -0.432 e. The van der Waals surface area contributed by atoms with Gasteiger partial charge in [0.1, 0.15) is 5.75 Å². The van der Waals surface area contributed by atoms with E-state index in [9.17, 15) is 4.79 Å². The third-order valence-corrected chi connectivity index (χ3v) is 4.70. The first-order valence-corrected chi connectivity index (χ1v) is 9.39. The predicted molar refractivity (Wildman–Crippen MR) is 114 cm³/mol. The fourth-order valence-electron chi connectivity index (χ4n) is 2.88. The molecule has 0 heterocycles. The predicted octanol–water partition coefficient (Wildman–Crippen LogP) is 5.10. The maximum Gasteiger partial charge on any atom is 0.264 e. The fourth-order valence-corrected chi connectivity index (χ4v) is 3.23. The van der Waals surface area contributed by atoms with E-state index in [1.807, 2.05) is 61.2 Å². The van der Waals surface area contributed by atoms with E-state index in [1.165, 1.54) is 0 Å². The maximum atomic E-state index is 12.7. The van der Waals surface area contributed by atoms with Gasteiger partial charge in [-0.3, -0.25) is 4.79 Å². The van der Waals surface area contributed by atoms with E-state index >= 15 is 0 Å². The van der Waals surface area contributed by atoms with Gasteiger partial charge < -0.3 is 15.0 Å². The number of nitrogens with one attached hydrogen (secondary N) is 1. The summed E-state index contributed by atoms with van der Waals surface area (Å²) in [5.74, 6) is 0.364. The molecule has 0 saturated carbocycles. The number of amides is 1. The summed E-state index contributed by atoms with van der Waals surface area (Å²) in [5.41, 5.74) is 1.30. The zero-order valence-electron chi connectivity index (χ0n) is 15.4. The Kier molecular flexibility index (Phi) is 6.04. The van der Waals surface area contributed by atoms with Gasteiger partial charge in [-0.15, -0.1) is 0 Å². The van der Waals surface area contributed by atoms with Crippen LogP contribution in [0.2, 0.25) is 0 Å². The van der Waals surface area contributed by atoms with Gasteiger partial charge in [0.15, 0.2) is 0 Å². The zero-order chi connectivity index (χ0) is 19.2. The molecule has 27 heavy (non-hydrogen) atoms. The van der Waals surface area contributed by atoms with Crippen molar-refractivity contribution in [2.45, 2.75) is 13.8 Å². The monoisotopic (exact) mass is 378 g/mol. The fraction of sp³-hybridized carbons (Fsp3) is 0.182. The highest BCUT2D eigenvalue weighted by Gasteiger charge is 2.12. The van der Waals surface area contributed by atoms with E-state index in [2.05, 4.69) is 5.32 Å². The Balaban J connectivity index is 1.78. The van der Waals surface area contributed by atoms with Crippen LogP contribution in [-0.2, 0) is 0 Å². The molecule has 4 nitrogen and oxygen atoms in total. The van der Waals surface area contributed by atoms with Gasteiger partial charge in [-0.05, 0) is 55.7 Å². The van der Waals surface area contributed by atoms with E-state index in [1.54, 1.807) is 24.3 Å². The lowest BCUT2D eigenvalue weighted by molar-refractivity contribution is 0.102. The molecule has 0 aromatic heterocycles. The van der Waals surface area contributed by atoms with E-state index in [-0.39, 0.29) is 5.91 Å². The van der Waals surface area contributed by atoms with Crippen molar-refractivity contribution in [2.75, 3.05) is 18.4 Å². The number of fused-ring (bicyclic) bond motifs is 1. The van der Waals surface area contributed by atoms with Gasteiger partial charge in [0, 0.05) is 29.7 Å². The van der Waals surface area contributed by atoms with Crippen LogP contribution in [0.5, 0.6) is 5.75 Å². The molecular formula is C22H22N2O2S. The first-order valence-electron chi connectivity index (χ1n) is 8.98. The minimum absolute atomic E-state index is 0.189. The Morgan fingerprint density at radius 1 is 1.00 bits per heavy atom. The number of hydrogen-bond donors (Lipinski definition) is 1. The maximum absolute atomic E-state index is 12.7. The van der Waals surface area contributed by atoms with Crippen LogP contribution in [0.1, 0.15) is 24.2 Å². The molecular weight excluding hydrogens is 356 g/mol. The first-order chi connectivity index (χ1) is 13.1. The van der Waals surface area contributed by atoms with Gasteiger partial charge in [-0.1, -0.05) is 42.5 Å². The summed E-state index contributed by atoms with van der Waals surface area (Å²) in [6.45, 7) is 5.59. The van der Waals surface area contributed by atoms with Crippen molar-refractivity contribution in [3.8, 4) is 5.75 Å². The summed E-state index contributed by atoms with van der Waals surface area (Å²) < 4.78 is 5.75. The molecule has 1 N–H and O–H groups in total. The van der Waals surface area contributed by atoms with Crippen LogP contribution in [0, 0.1) is 0 Å². The van der Waals surface area contributed by atoms with Gasteiger partial charge in [-0.25, -0.2) is 0 Å². The second-order valence-electron chi connectivity index (χ2n) is 6.05. The molecule has 0 aliphatic rings. The topological polar surface area (TPSA) is 41.6 Å². The lowest BCUT2D eigenvalue weighted by Crippen LogP contribution is -2.32. The van der Waals surface area contributed by atoms with Crippen molar-refractivity contribution >= 4 is 39.8 Å². The summed E-state index contributed by atoms with van der Waals surface area (Å²) in [4.78, 5) is 14.7. The second-order valence-corrected chi connectivity index (χ2v) is 6.40. The molecule has 5 heteroatoms. The largest absolute Gasteiger partial charge is 0.432 e. The van der Waals surface area contributed by atoms with E-state index in [4.69, 9.17) is 17.0 Å². The molecule has 3 rings (SSSR count). The first kappa shape index (κ1) is 18.9. The van der Waals surface area contributed by atoms with Crippen LogP contribution in [0.3, 0.4) is 0 Å². The van der Waals surface area contributed by atoms with Crippen molar-refractivity contribution in [2.24, 2.45) is 0 Å². The summed E-state index contributed by atoms with van der Waals surface area (Å²) in [5, 5.41) is 5.48. The molecule has 3 aromatic carbocycles. The molecule has 0 spiro atoms. The zero-order valence-corrected chi connectivity index (χ0v) is 16.3. The highest BCUT2D eigenvalue weighted by atomic mass is 32.1. The normalized spacial score (nSPS) is 10.4. The quantitative estimate of drug-likeness (QED) is 0.627. The van der Waals surface area contributed by atoms with Crippen LogP contribution in [0.25, 0.3) is 10.8 Å². The average Bonchev–Trinajstić information content (AvgIpc) is 2.69. The SMILES string of the molecule is CCN(CC)C(=S)Oc1cccc(C(=O)Nc2cccc3ccccc23)c1. The number of thiocarbonyl (C=S) groups is 1. The van der Waals surface area contributed by atoms with Crippen molar-refractivity contribution in [3.05, 3.63) is 72.3 Å². The average molecular weight is 378 g/mol. The highest BCUT2D eigenvalue weighted by molar-refractivity contribution is 7.80. The van der Waals surface area contributed by atoms with Crippen molar-refractivity contribution < 1.29 is 9.53 Å². The second kappa shape index (κ2) is 8.64. The van der Waals surface area contributed by atoms with E-state index in [0.717, 1.165) is 29.5 Å². The lowest BCUT2D eigenvalue weighted by atomic mass is 10.1. The van der Waals surface area contributed by atoms with Gasteiger partial charge in [0.05, 0.1) is 0 Å². The molecule has 0 radical (unpaired) electrons. The number of hydrogen-bond acceptors (Lipinski definition) is 3. The standard InChI is InChI=1S/C22H22N2O2S/c1-3-24(4-2)22(27)26-18-12-7-11-17(15-18)21(25)23-20-14-8-10-16-9-5-6-13-19(16)20/h5-15H,3-4H2,1-2H3,(H,23,25). The van der Waals surface area contributed by atoms with Gasteiger partial charge >= 0.3 is 0 Å². The summed E-state index contributed by atoms with van der Waals surface area (Å²) in [7, 11) is 0.